The summed E-state index contributed by atoms with van der Waals surface area (Å²) >= 11 is 1.53. The van der Waals surface area contributed by atoms with Crippen LogP contribution in [-0.2, 0) is 22.4 Å². The molecular formula is C15H20N2O3S. The van der Waals surface area contributed by atoms with Crippen molar-refractivity contribution in [2.24, 2.45) is 0 Å². The zero-order valence-electron chi connectivity index (χ0n) is 12.2. The molecule has 2 heterocycles. The molecule has 6 heteroatoms. The van der Waals surface area contributed by atoms with Gasteiger partial charge in [0.2, 0.25) is 5.91 Å². The average Bonchev–Trinajstić information content (AvgIpc) is 3.14. The number of hydrogen-bond acceptors (Lipinski definition) is 5. The van der Waals surface area contributed by atoms with Crippen molar-refractivity contribution in [3.8, 4) is 0 Å². The predicted molar refractivity (Wildman–Crippen MR) is 82.0 cm³/mol. The topological polar surface area (TPSA) is 67.4 Å². The molecule has 2 N–H and O–H groups in total. The minimum absolute atomic E-state index is 0.0435. The molecule has 3 rings (SSSR count). The average molecular weight is 308 g/mol. The van der Waals surface area contributed by atoms with Gasteiger partial charge in [-0.25, -0.2) is 4.79 Å². The van der Waals surface area contributed by atoms with Gasteiger partial charge in [-0.15, -0.1) is 11.3 Å². The molecule has 1 atom stereocenters. The van der Waals surface area contributed by atoms with Crippen LogP contribution in [0.3, 0.4) is 0 Å². The molecule has 0 saturated carbocycles. The van der Waals surface area contributed by atoms with Crippen molar-refractivity contribution in [2.75, 3.05) is 18.5 Å². The van der Waals surface area contributed by atoms with Crippen LogP contribution in [0.1, 0.15) is 47.0 Å². The molecule has 21 heavy (non-hydrogen) atoms. The molecule has 1 saturated heterocycles. The highest BCUT2D eigenvalue weighted by Gasteiger charge is 2.30. The number of anilines is 1. The minimum atomic E-state index is -0.313. The van der Waals surface area contributed by atoms with Crippen molar-refractivity contribution in [2.45, 2.75) is 45.1 Å². The number of esters is 1. The van der Waals surface area contributed by atoms with Crippen LogP contribution in [0.15, 0.2) is 0 Å². The lowest BCUT2D eigenvalue weighted by Crippen LogP contribution is -2.35. The van der Waals surface area contributed by atoms with Crippen molar-refractivity contribution in [1.82, 2.24) is 5.32 Å². The van der Waals surface area contributed by atoms with Gasteiger partial charge in [-0.3, -0.25) is 4.79 Å². The van der Waals surface area contributed by atoms with Gasteiger partial charge in [0.25, 0.3) is 0 Å². The van der Waals surface area contributed by atoms with Crippen LogP contribution >= 0.6 is 11.3 Å². The van der Waals surface area contributed by atoms with E-state index in [2.05, 4.69) is 10.6 Å². The molecule has 2 aliphatic rings. The van der Waals surface area contributed by atoms with Gasteiger partial charge in [-0.1, -0.05) is 0 Å². The number of rotatable bonds is 4. The quantitative estimate of drug-likeness (QED) is 0.836. The SMILES string of the molecule is CCOC(=O)c1c(NC(=O)C2CCCN2)sc2c1CCC2. The maximum atomic E-state index is 12.3. The second kappa shape index (κ2) is 6.15. The third-order valence-corrected chi connectivity index (χ3v) is 5.22. The van der Waals surface area contributed by atoms with E-state index in [0.717, 1.165) is 44.2 Å². The van der Waals surface area contributed by atoms with Crippen LogP contribution in [0.5, 0.6) is 0 Å². The van der Waals surface area contributed by atoms with Gasteiger partial charge < -0.3 is 15.4 Å². The second-order valence-electron chi connectivity index (χ2n) is 5.42. The maximum absolute atomic E-state index is 12.3. The van der Waals surface area contributed by atoms with Gasteiger partial charge in [0.05, 0.1) is 18.2 Å². The first kappa shape index (κ1) is 14.5. The summed E-state index contributed by atoms with van der Waals surface area (Å²) in [5.41, 5.74) is 1.66. The first-order valence-electron chi connectivity index (χ1n) is 7.56. The Morgan fingerprint density at radius 1 is 1.38 bits per heavy atom. The van der Waals surface area contributed by atoms with E-state index in [4.69, 9.17) is 4.74 Å². The summed E-state index contributed by atoms with van der Waals surface area (Å²) in [7, 11) is 0. The molecule has 114 valence electrons. The Kier molecular flexibility index (Phi) is 4.26. The van der Waals surface area contributed by atoms with Crippen LogP contribution in [0, 0.1) is 0 Å². The Hall–Kier alpha value is -1.40. The van der Waals surface area contributed by atoms with Crippen molar-refractivity contribution < 1.29 is 14.3 Å². The second-order valence-corrected chi connectivity index (χ2v) is 6.53. The summed E-state index contributed by atoms with van der Waals surface area (Å²) in [6.07, 6.45) is 4.84. The van der Waals surface area contributed by atoms with E-state index in [1.54, 1.807) is 6.92 Å². The first-order valence-corrected chi connectivity index (χ1v) is 8.38. The Bertz CT molecular complexity index is 562. The van der Waals surface area contributed by atoms with Crippen LogP contribution < -0.4 is 10.6 Å². The molecule has 1 unspecified atom stereocenters. The molecule has 0 radical (unpaired) electrons. The molecular weight excluding hydrogens is 288 g/mol. The summed E-state index contributed by atoms with van der Waals surface area (Å²) in [6, 6.07) is -0.142. The fourth-order valence-electron chi connectivity index (χ4n) is 3.02. The van der Waals surface area contributed by atoms with E-state index in [0.29, 0.717) is 17.2 Å². The van der Waals surface area contributed by atoms with E-state index in [9.17, 15) is 9.59 Å². The van der Waals surface area contributed by atoms with Gasteiger partial charge >= 0.3 is 5.97 Å². The molecule has 1 aromatic rings. The molecule has 1 aliphatic carbocycles. The summed E-state index contributed by atoms with van der Waals surface area (Å²) in [4.78, 5) is 25.7. The third-order valence-electron chi connectivity index (χ3n) is 4.01. The standard InChI is InChI=1S/C15H20N2O3S/c1-2-20-15(19)12-9-5-3-7-11(9)21-14(12)17-13(18)10-6-4-8-16-10/h10,16H,2-8H2,1H3,(H,17,18). The number of ether oxygens (including phenoxy) is 1. The van der Waals surface area contributed by atoms with Crippen LogP contribution in [0.4, 0.5) is 5.00 Å². The Labute approximate surface area is 128 Å². The lowest BCUT2D eigenvalue weighted by Gasteiger charge is -2.11. The van der Waals surface area contributed by atoms with Crippen molar-refractivity contribution in [3.63, 3.8) is 0 Å². The third kappa shape index (κ3) is 2.82. The van der Waals surface area contributed by atoms with Gasteiger partial charge in [0.15, 0.2) is 0 Å². The number of nitrogens with one attached hydrogen (secondary N) is 2. The molecule has 1 amide bonds. The summed E-state index contributed by atoms with van der Waals surface area (Å²) in [5.74, 6) is -0.357. The Balaban J connectivity index is 1.84. The van der Waals surface area contributed by atoms with Gasteiger partial charge in [-0.05, 0) is 51.1 Å². The highest BCUT2D eigenvalue weighted by Crippen LogP contribution is 2.39. The number of fused-ring (bicyclic) bond motifs is 1. The normalized spacial score (nSPS) is 20.3. The number of carbonyl (C=O) groups excluding carboxylic acids is 2. The summed E-state index contributed by atoms with van der Waals surface area (Å²) in [5, 5.41) is 6.78. The smallest absolute Gasteiger partial charge is 0.341 e. The van der Waals surface area contributed by atoms with Crippen LogP contribution in [-0.4, -0.2) is 31.1 Å². The van der Waals surface area contributed by atoms with Crippen LogP contribution in [0.25, 0.3) is 0 Å². The minimum Gasteiger partial charge on any atom is -0.462 e. The fraction of sp³-hybridized carbons (Fsp3) is 0.600. The van der Waals surface area contributed by atoms with E-state index in [1.165, 1.54) is 16.2 Å². The van der Waals surface area contributed by atoms with E-state index < -0.39 is 0 Å². The molecule has 1 fully saturated rings. The monoisotopic (exact) mass is 308 g/mol. The molecule has 1 aromatic heterocycles. The Morgan fingerprint density at radius 3 is 2.95 bits per heavy atom. The molecule has 1 aliphatic heterocycles. The highest BCUT2D eigenvalue weighted by atomic mass is 32.1. The summed E-state index contributed by atoms with van der Waals surface area (Å²) in [6.45, 7) is 3.02. The van der Waals surface area contributed by atoms with Gasteiger partial charge in [0.1, 0.15) is 5.00 Å². The Morgan fingerprint density at radius 2 is 2.24 bits per heavy atom. The summed E-state index contributed by atoms with van der Waals surface area (Å²) < 4.78 is 5.16. The lowest BCUT2D eigenvalue weighted by molar-refractivity contribution is -0.117. The highest BCUT2D eigenvalue weighted by molar-refractivity contribution is 7.17. The van der Waals surface area contributed by atoms with E-state index in [-0.39, 0.29) is 17.9 Å². The molecule has 5 nitrogen and oxygen atoms in total. The largest absolute Gasteiger partial charge is 0.462 e. The molecule has 0 spiro atoms. The van der Waals surface area contributed by atoms with Gasteiger partial charge in [-0.2, -0.15) is 0 Å². The van der Waals surface area contributed by atoms with Crippen LogP contribution in [0.2, 0.25) is 0 Å². The van der Waals surface area contributed by atoms with E-state index >= 15 is 0 Å². The number of amides is 1. The molecule has 0 bridgehead atoms. The maximum Gasteiger partial charge on any atom is 0.341 e. The number of carbonyl (C=O) groups is 2. The van der Waals surface area contributed by atoms with Crippen molar-refractivity contribution in [1.29, 1.82) is 0 Å². The van der Waals surface area contributed by atoms with Gasteiger partial charge in [0, 0.05) is 4.88 Å². The number of thiophene rings is 1. The predicted octanol–water partition coefficient (Wildman–Crippen LogP) is 2.10. The van der Waals surface area contributed by atoms with Crippen molar-refractivity contribution >= 4 is 28.2 Å². The van der Waals surface area contributed by atoms with Crippen molar-refractivity contribution in [3.05, 3.63) is 16.0 Å². The first-order chi connectivity index (χ1) is 10.2. The zero-order chi connectivity index (χ0) is 14.8. The molecule has 0 aromatic carbocycles. The zero-order valence-corrected chi connectivity index (χ0v) is 13.0. The lowest BCUT2D eigenvalue weighted by atomic mass is 10.1. The fourth-order valence-corrected chi connectivity index (χ4v) is 4.30. The van der Waals surface area contributed by atoms with E-state index in [1.807, 2.05) is 0 Å². The number of aryl methyl sites for hydroxylation is 1. The number of hydrogen-bond donors (Lipinski definition) is 2.